The van der Waals surface area contributed by atoms with Gasteiger partial charge in [-0.05, 0) is 167 Å². The number of esters is 3. The highest BCUT2D eigenvalue weighted by atomic mass is 31.2. The van der Waals surface area contributed by atoms with Crippen LogP contribution in [-0.2, 0) is 55.8 Å². The van der Waals surface area contributed by atoms with Crippen LogP contribution in [0.3, 0.4) is 0 Å². The highest BCUT2D eigenvalue weighted by Gasteiger charge is 2.29. The molecule has 0 aromatic rings. The number of phosphoric ester groups is 2. The first-order valence-corrected chi connectivity index (χ1v) is 45.4. The fraction of sp³-hybridized carbons (Fsp3) is 0.602. The summed E-state index contributed by atoms with van der Waals surface area (Å²) in [7, 11) is -9.84. The number of aliphatic hydroxyl groups is 2. The molecule has 0 heterocycles. The van der Waals surface area contributed by atoms with E-state index < -0.39 is 91.5 Å². The minimum atomic E-state index is -4.96. The summed E-state index contributed by atoms with van der Waals surface area (Å²) in [5.41, 5.74) is 0. The fourth-order valence-corrected chi connectivity index (χ4v) is 12.2. The molecule has 0 saturated carbocycles. The molecule has 0 aliphatic carbocycles. The molecule has 0 rings (SSSR count). The van der Waals surface area contributed by atoms with Crippen LogP contribution in [0.5, 0.6) is 0 Å². The Labute approximate surface area is 673 Å². The number of phosphoric acid groups is 2. The largest absolute Gasteiger partial charge is 0.472 e. The van der Waals surface area contributed by atoms with Crippen molar-refractivity contribution in [1.82, 2.24) is 0 Å². The standard InChI is InChI=1S/C93H150O16P2/c1-4-7-10-13-16-19-22-25-28-31-34-37-39-41-42-43-44-46-48-50-52-55-58-61-64-67-70-73-76-79-91(96)103-82-88(94)83-105-110(99,100)106-84-89(95)85-107-111(101,102)108-87-90(109-93(98)81-78-75-72-69-66-63-60-57-54-49-36-33-30-27-24-21-18-15-12-9-6-3)86-104-92(97)80-77-74-71-68-65-62-59-56-53-51-47-45-40-38-35-32-29-26-23-20-17-14-11-8-5-2/h7-12,16-21,25-30,34-38,41-42,45,47,49,53,56-57,60,66,69,88-90,94-95H,4-6,13-15,22-24,31-33,39-40,43-44,46,48,50-52,54-55,58-59,61-65,67-68,70-87H2,1-3H3,(H,99,100)(H,101,102)/b10-7-,11-8-,12-9-,19-16-,20-17-,21-18-,28-25-,29-26-,30-27-,37-34-,38-35-,42-41-,47-45-,49-36-,56-53-,60-57-,69-66-. The molecule has 16 nitrogen and oxygen atoms in total. The number of rotatable bonds is 78. The zero-order valence-electron chi connectivity index (χ0n) is 68.8. The molecule has 0 radical (unpaired) electrons. The van der Waals surface area contributed by atoms with E-state index in [-0.39, 0.29) is 19.3 Å². The normalized spacial score (nSPS) is 14.9. The molecule has 4 N–H and O–H groups in total. The van der Waals surface area contributed by atoms with Crippen LogP contribution in [0.1, 0.15) is 303 Å². The van der Waals surface area contributed by atoms with Crippen LogP contribution in [0.2, 0.25) is 0 Å². The molecule has 0 aliphatic heterocycles. The van der Waals surface area contributed by atoms with Gasteiger partial charge < -0.3 is 34.2 Å². The summed E-state index contributed by atoms with van der Waals surface area (Å²) in [6.07, 6.45) is 112. The van der Waals surface area contributed by atoms with Gasteiger partial charge in [-0.1, -0.05) is 324 Å². The molecule has 0 amide bonds. The lowest BCUT2D eigenvalue weighted by Gasteiger charge is -2.21. The van der Waals surface area contributed by atoms with Crippen molar-refractivity contribution in [3.8, 4) is 0 Å². The van der Waals surface area contributed by atoms with Crippen LogP contribution in [0, 0.1) is 0 Å². The minimum Gasteiger partial charge on any atom is -0.463 e. The third-order valence-corrected chi connectivity index (χ3v) is 18.9. The van der Waals surface area contributed by atoms with E-state index in [9.17, 15) is 43.5 Å². The summed E-state index contributed by atoms with van der Waals surface area (Å²) in [6, 6.07) is 0. The van der Waals surface area contributed by atoms with Crippen molar-refractivity contribution in [1.29, 1.82) is 0 Å². The molecule has 5 atom stereocenters. The Kier molecular flexibility index (Phi) is 79.1. The number of carbonyl (C=O) groups excluding carboxylic acids is 3. The number of unbranched alkanes of at least 4 members (excludes halogenated alkanes) is 21. The van der Waals surface area contributed by atoms with Crippen molar-refractivity contribution in [2.45, 2.75) is 322 Å². The van der Waals surface area contributed by atoms with Gasteiger partial charge in [-0.25, -0.2) is 9.13 Å². The maximum absolute atomic E-state index is 13.0. The first kappa shape index (κ1) is 105. The van der Waals surface area contributed by atoms with Crippen molar-refractivity contribution < 1.29 is 75.8 Å². The van der Waals surface area contributed by atoms with E-state index in [0.29, 0.717) is 25.7 Å². The van der Waals surface area contributed by atoms with Gasteiger partial charge in [-0.3, -0.25) is 32.5 Å². The molecule has 5 unspecified atom stereocenters. The second-order valence-electron chi connectivity index (χ2n) is 27.5. The van der Waals surface area contributed by atoms with Crippen molar-refractivity contribution in [3.63, 3.8) is 0 Å². The molecule has 111 heavy (non-hydrogen) atoms. The Morgan fingerprint density at radius 2 is 0.450 bits per heavy atom. The van der Waals surface area contributed by atoms with Crippen LogP contribution in [0.4, 0.5) is 0 Å². The zero-order chi connectivity index (χ0) is 80.8. The van der Waals surface area contributed by atoms with E-state index in [1.165, 1.54) is 57.8 Å². The maximum atomic E-state index is 13.0. The van der Waals surface area contributed by atoms with Gasteiger partial charge in [0.1, 0.15) is 25.4 Å². The van der Waals surface area contributed by atoms with Gasteiger partial charge in [0.25, 0.3) is 0 Å². The summed E-state index contributed by atoms with van der Waals surface area (Å²) >= 11 is 0. The van der Waals surface area contributed by atoms with Gasteiger partial charge in [0.05, 0.1) is 26.4 Å². The average molecular weight is 1590 g/mol. The lowest BCUT2D eigenvalue weighted by molar-refractivity contribution is -0.161. The van der Waals surface area contributed by atoms with E-state index in [1.54, 1.807) is 0 Å². The molecule has 0 fully saturated rings. The monoisotopic (exact) mass is 1590 g/mol. The number of carbonyl (C=O) groups is 3. The molecule has 628 valence electrons. The van der Waals surface area contributed by atoms with E-state index in [1.807, 2.05) is 0 Å². The summed E-state index contributed by atoms with van der Waals surface area (Å²) in [5.74, 6) is -1.66. The summed E-state index contributed by atoms with van der Waals surface area (Å²) in [5, 5.41) is 20.7. The third-order valence-electron chi connectivity index (χ3n) is 17.0. The molecule has 18 heteroatoms. The van der Waals surface area contributed by atoms with Crippen LogP contribution in [0.25, 0.3) is 0 Å². The lowest BCUT2D eigenvalue weighted by Crippen LogP contribution is -2.30. The highest BCUT2D eigenvalue weighted by Crippen LogP contribution is 2.45. The molecular formula is C93H150O16P2. The summed E-state index contributed by atoms with van der Waals surface area (Å²) in [6.45, 7) is 2.26. The van der Waals surface area contributed by atoms with Crippen molar-refractivity contribution in [3.05, 3.63) is 207 Å². The smallest absolute Gasteiger partial charge is 0.463 e. The second kappa shape index (κ2) is 83.6. The molecule has 0 saturated heterocycles. The summed E-state index contributed by atoms with van der Waals surface area (Å²) in [4.78, 5) is 58.8. The average Bonchev–Trinajstić information content (AvgIpc) is 0.903. The van der Waals surface area contributed by atoms with Gasteiger partial charge >= 0.3 is 33.6 Å². The van der Waals surface area contributed by atoms with Gasteiger partial charge in [0.15, 0.2) is 6.10 Å². The van der Waals surface area contributed by atoms with Crippen LogP contribution >= 0.6 is 15.6 Å². The minimum absolute atomic E-state index is 0.0372. The Balaban J connectivity index is 4.70. The Morgan fingerprint density at radius 1 is 0.252 bits per heavy atom. The number of allylic oxidation sites excluding steroid dienone is 34. The van der Waals surface area contributed by atoms with E-state index in [0.717, 1.165) is 180 Å². The number of aliphatic hydroxyl groups excluding tert-OH is 2. The van der Waals surface area contributed by atoms with Crippen LogP contribution in [0.15, 0.2) is 207 Å². The quantitative estimate of drug-likeness (QED) is 0.0146. The van der Waals surface area contributed by atoms with Crippen LogP contribution < -0.4 is 0 Å². The zero-order valence-corrected chi connectivity index (χ0v) is 70.6. The molecule has 0 aromatic heterocycles. The number of hydrogen-bond acceptors (Lipinski definition) is 14. The SMILES string of the molecule is CC/C=C\C/C=C\C/C=C\C/C=C\C/C=C\C/C=C\CCCCCCCCC(=O)OCC(COP(=O)(O)OCC(O)COP(=O)(O)OCC(O)COC(=O)CCCCCCCCCCCCCCC/C=C\C/C=C\C/C=C\C/C=C\C/C=C\CC)OC(=O)CCCC/C=C\C/C=C\C/C=C\C/C=C\C/C=C\C/C=C\CC. The van der Waals surface area contributed by atoms with E-state index >= 15 is 0 Å². The number of ether oxygens (including phenoxy) is 3. The first-order valence-electron chi connectivity index (χ1n) is 42.4. The van der Waals surface area contributed by atoms with Gasteiger partial charge in [0, 0.05) is 19.3 Å². The van der Waals surface area contributed by atoms with Crippen LogP contribution in [-0.4, -0.2) is 95.9 Å². The van der Waals surface area contributed by atoms with Gasteiger partial charge in [-0.15, -0.1) is 0 Å². The number of hydrogen-bond donors (Lipinski definition) is 4. The van der Waals surface area contributed by atoms with Crippen molar-refractivity contribution in [2.75, 3.05) is 39.6 Å². The Bertz CT molecular complexity index is 2850. The Morgan fingerprint density at radius 3 is 0.730 bits per heavy atom. The Hall–Kier alpha value is -5.87. The fourth-order valence-electron chi connectivity index (χ4n) is 10.7. The summed E-state index contributed by atoms with van der Waals surface area (Å²) < 4.78 is 61.3. The maximum Gasteiger partial charge on any atom is 0.472 e. The van der Waals surface area contributed by atoms with Crippen molar-refractivity contribution >= 4 is 33.6 Å². The lowest BCUT2D eigenvalue weighted by atomic mass is 10.0. The third kappa shape index (κ3) is 84.9. The predicted molar refractivity (Wildman–Crippen MR) is 463 cm³/mol. The predicted octanol–water partition coefficient (Wildman–Crippen LogP) is 25.7. The van der Waals surface area contributed by atoms with Gasteiger partial charge in [0.2, 0.25) is 0 Å². The van der Waals surface area contributed by atoms with Crippen molar-refractivity contribution in [2.24, 2.45) is 0 Å². The second-order valence-corrected chi connectivity index (χ2v) is 30.4. The molecule has 0 aliphatic rings. The molecule has 0 bridgehead atoms. The molecular weight excluding hydrogens is 1430 g/mol. The first-order chi connectivity index (χ1) is 54.2. The molecule has 0 spiro atoms. The topological polar surface area (TPSA) is 231 Å². The highest BCUT2D eigenvalue weighted by molar-refractivity contribution is 7.47. The van der Waals surface area contributed by atoms with E-state index in [2.05, 4.69) is 227 Å². The molecule has 0 aromatic carbocycles. The van der Waals surface area contributed by atoms with Gasteiger partial charge in [-0.2, -0.15) is 0 Å². The van der Waals surface area contributed by atoms with E-state index in [4.69, 9.17) is 32.3 Å².